The van der Waals surface area contributed by atoms with Gasteiger partial charge in [-0.15, -0.1) is 0 Å². The molecule has 0 spiro atoms. The lowest BCUT2D eigenvalue weighted by molar-refractivity contribution is -0.142. The second kappa shape index (κ2) is 9.89. The van der Waals surface area contributed by atoms with Gasteiger partial charge in [-0.3, -0.25) is 4.79 Å². The van der Waals surface area contributed by atoms with Gasteiger partial charge >= 0.3 is 5.97 Å². The third-order valence-electron chi connectivity index (χ3n) is 3.28. The fourth-order valence-electron chi connectivity index (χ4n) is 2.02. The summed E-state index contributed by atoms with van der Waals surface area (Å²) in [5.74, 6) is 0.00750. The van der Waals surface area contributed by atoms with E-state index in [0.717, 1.165) is 30.0 Å². The standard InChI is InChI=1S/C18H20FNO6S/c1-2-24-15-5-7-16(8-6-15)25-11-12-26-18(21)13-20-27(22,23)17-9-3-14(19)4-10-17/h3-10,20H,2,11-13H2,1H3. The highest BCUT2D eigenvalue weighted by Gasteiger charge is 2.16. The maximum atomic E-state index is 12.8. The number of esters is 1. The van der Waals surface area contributed by atoms with Crippen molar-refractivity contribution in [3.8, 4) is 11.5 Å². The molecule has 0 aliphatic carbocycles. The molecule has 2 rings (SSSR count). The quantitative estimate of drug-likeness (QED) is 0.488. The zero-order valence-corrected chi connectivity index (χ0v) is 15.5. The SMILES string of the molecule is CCOc1ccc(OCCOC(=O)CNS(=O)(=O)c2ccc(F)cc2)cc1. The Labute approximate surface area is 157 Å². The van der Waals surface area contributed by atoms with E-state index in [9.17, 15) is 17.6 Å². The number of sulfonamides is 1. The highest BCUT2D eigenvalue weighted by molar-refractivity contribution is 7.89. The van der Waals surface area contributed by atoms with Crippen molar-refractivity contribution in [2.24, 2.45) is 0 Å². The van der Waals surface area contributed by atoms with E-state index in [2.05, 4.69) is 4.72 Å². The minimum absolute atomic E-state index is 0.0374. The van der Waals surface area contributed by atoms with Crippen molar-refractivity contribution in [3.05, 3.63) is 54.3 Å². The van der Waals surface area contributed by atoms with Gasteiger partial charge in [-0.25, -0.2) is 12.8 Å². The van der Waals surface area contributed by atoms with Crippen LogP contribution in [0, 0.1) is 5.82 Å². The average Bonchev–Trinajstić information content (AvgIpc) is 2.65. The predicted octanol–water partition coefficient (Wildman–Crippen LogP) is 2.12. The van der Waals surface area contributed by atoms with E-state index in [1.807, 2.05) is 6.92 Å². The van der Waals surface area contributed by atoms with Crippen LogP contribution in [0.1, 0.15) is 6.92 Å². The molecule has 0 fully saturated rings. The lowest BCUT2D eigenvalue weighted by Gasteiger charge is -2.09. The molecule has 0 aromatic heterocycles. The van der Waals surface area contributed by atoms with Crippen molar-refractivity contribution in [1.82, 2.24) is 4.72 Å². The molecule has 0 unspecified atom stereocenters. The maximum absolute atomic E-state index is 12.8. The number of carbonyl (C=O) groups excluding carboxylic acids is 1. The number of halogens is 1. The van der Waals surface area contributed by atoms with Gasteiger partial charge < -0.3 is 14.2 Å². The van der Waals surface area contributed by atoms with E-state index >= 15 is 0 Å². The average molecular weight is 397 g/mol. The molecule has 9 heteroatoms. The molecule has 27 heavy (non-hydrogen) atoms. The van der Waals surface area contributed by atoms with Gasteiger partial charge in [0, 0.05) is 0 Å². The zero-order valence-electron chi connectivity index (χ0n) is 14.7. The summed E-state index contributed by atoms with van der Waals surface area (Å²) in [5.41, 5.74) is 0. The monoisotopic (exact) mass is 397 g/mol. The van der Waals surface area contributed by atoms with Crippen LogP contribution in [0.15, 0.2) is 53.4 Å². The number of nitrogens with one attached hydrogen (secondary N) is 1. The molecule has 7 nitrogen and oxygen atoms in total. The number of ether oxygens (including phenoxy) is 3. The number of rotatable bonds is 10. The third-order valence-corrected chi connectivity index (χ3v) is 4.70. The molecule has 0 aliphatic rings. The second-order valence-electron chi connectivity index (χ2n) is 5.25. The molecule has 2 aromatic carbocycles. The Kier molecular flexibility index (Phi) is 7.56. The summed E-state index contributed by atoms with van der Waals surface area (Å²) in [6, 6.07) is 11.2. The topological polar surface area (TPSA) is 90.9 Å². The minimum atomic E-state index is -3.92. The molecule has 0 atom stereocenters. The number of benzene rings is 2. The van der Waals surface area contributed by atoms with Crippen molar-refractivity contribution in [2.45, 2.75) is 11.8 Å². The van der Waals surface area contributed by atoms with Crippen molar-refractivity contribution in [1.29, 1.82) is 0 Å². The largest absolute Gasteiger partial charge is 0.494 e. The Morgan fingerprint density at radius 3 is 2.15 bits per heavy atom. The van der Waals surface area contributed by atoms with Crippen LogP contribution in [0.4, 0.5) is 4.39 Å². The van der Waals surface area contributed by atoms with Crippen LogP contribution in [0.5, 0.6) is 11.5 Å². The Morgan fingerprint density at radius 1 is 0.963 bits per heavy atom. The van der Waals surface area contributed by atoms with Crippen molar-refractivity contribution in [2.75, 3.05) is 26.4 Å². The molecule has 0 amide bonds. The van der Waals surface area contributed by atoms with Crippen LogP contribution >= 0.6 is 0 Å². The molecule has 0 aliphatic heterocycles. The summed E-state index contributed by atoms with van der Waals surface area (Å²) in [7, 11) is -3.92. The molecule has 1 N–H and O–H groups in total. The van der Waals surface area contributed by atoms with Gasteiger partial charge in [0.05, 0.1) is 11.5 Å². The van der Waals surface area contributed by atoms with Crippen LogP contribution in [0.3, 0.4) is 0 Å². The van der Waals surface area contributed by atoms with Gasteiger partial charge in [-0.1, -0.05) is 0 Å². The highest BCUT2D eigenvalue weighted by atomic mass is 32.2. The fourth-order valence-corrected chi connectivity index (χ4v) is 2.98. The molecular weight excluding hydrogens is 377 g/mol. The van der Waals surface area contributed by atoms with Gasteiger partial charge in [0.15, 0.2) is 0 Å². The molecule has 0 heterocycles. The second-order valence-corrected chi connectivity index (χ2v) is 7.02. The van der Waals surface area contributed by atoms with Gasteiger partial charge in [-0.05, 0) is 55.5 Å². The fraction of sp³-hybridized carbons (Fsp3) is 0.278. The van der Waals surface area contributed by atoms with E-state index < -0.39 is 28.4 Å². The molecular formula is C18H20FNO6S. The summed E-state index contributed by atoms with van der Waals surface area (Å²) >= 11 is 0. The summed E-state index contributed by atoms with van der Waals surface area (Å²) in [6.07, 6.45) is 0. The van der Waals surface area contributed by atoms with Crippen LogP contribution < -0.4 is 14.2 Å². The molecule has 0 radical (unpaired) electrons. The normalized spacial score (nSPS) is 11.0. The van der Waals surface area contributed by atoms with E-state index in [1.54, 1.807) is 24.3 Å². The molecule has 2 aromatic rings. The van der Waals surface area contributed by atoms with Crippen LogP contribution in [0.2, 0.25) is 0 Å². The Morgan fingerprint density at radius 2 is 1.56 bits per heavy atom. The van der Waals surface area contributed by atoms with Crippen molar-refractivity contribution >= 4 is 16.0 Å². The zero-order chi connectivity index (χ0) is 19.7. The number of hydrogen-bond acceptors (Lipinski definition) is 6. The number of carbonyl (C=O) groups is 1. The Balaban J connectivity index is 1.69. The molecule has 0 bridgehead atoms. The van der Waals surface area contributed by atoms with Crippen molar-refractivity contribution < 1.29 is 31.8 Å². The van der Waals surface area contributed by atoms with E-state index in [4.69, 9.17) is 14.2 Å². The summed E-state index contributed by atoms with van der Waals surface area (Å²) in [5, 5.41) is 0. The van der Waals surface area contributed by atoms with Gasteiger partial charge in [-0.2, -0.15) is 4.72 Å². The Hall–Kier alpha value is -2.65. The van der Waals surface area contributed by atoms with Gasteiger partial charge in [0.1, 0.15) is 37.1 Å². The van der Waals surface area contributed by atoms with E-state index in [-0.39, 0.29) is 18.1 Å². The smallest absolute Gasteiger partial charge is 0.321 e. The first-order valence-corrected chi connectivity index (χ1v) is 9.65. The predicted molar refractivity (Wildman–Crippen MR) is 95.7 cm³/mol. The number of hydrogen-bond donors (Lipinski definition) is 1. The highest BCUT2D eigenvalue weighted by Crippen LogP contribution is 2.17. The van der Waals surface area contributed by atoms with Crippen molar-refractivity contribution in [3.63, 3.8) is 0 Å². The van der Waals surface area contributed by atoms with Crippen LogP contribution in [-0.4, -0.2) is 40.8 Å². The lowest BCUT2D eigenvalue weighted by Crippen LogP contribution is -2.31. The Bertz CT molecular complexity index is 837. The molecule has 0 saturated carbocycles. The first-order chi connectivity index (χ1) is 12.9. The molecule has 0 saturated heterocycles. The van der Waals surface area contributed by atoms with E-state index in [0.29, 0.717) is 12.4 Å². The third kappa shape index (κ3) is 6.87. The van der Waals surface area contributed by atoms with Gasteiger partial charge in [0.25, 0.3) is 0 Å². The minimum Gasteiger partial charge on any atom is -0.494 e. The first-order valence-electron chi connectivity index (χ1n) is 8.17. The lowest BCUT2D eigenvalue weighted by atomic mass is 10.3. The van der Waals surface area contributed by atoms with Crippen LogP contribution in [-0.2, 0) is 19.6 Å². The summed E-state index contributed by atoms with van der Waals surface area (Å²) < 4.78 is 54.5. The summed E-state index contributed by atoms with van der Waals surface area (Å²) in [6.45, 7) is 2.00. The van der Waals surface area contributed by atoms with Crippen LogP contribution in [0.25, 0.3) is 0 Å². The summed E-state index contributed by atoms with van der Waals surface area (Å²) in [4.78, 5) is 11.5. The maximum Gasteiger partial charge on any atom is 0.321 e. The van der Waals surface area contributed by atoms with E-state index in [1.165, 1.54) is 0 Å². The van der Waals surface area contributed by atoms with Gasteiger partial charge in [0.2, 0.25) is 10.0 Å². The molecule has 146 valence electrons. The first kappa shape index (κ1) is 20.7.